The van der Waals surface area contributed by atoms with E-state index in [4.69, 9.17) is 11.6 Å². The molecule has 3 rings (SSSR count). The monoisotopic (exact) mass is 348 g/mol. The largest absolute Gasteiger partial charge is 0.394 e. The zero-order valence-corrected chi connectivity index (χ0v) is 14.5. The van der Waals surface area contributed by atoms with Gasteiger partial charge in [0.05, 0.1) is 17.8 Å². The van der Waals surface area contributed by atoms with Crippen LogP contribution in [0.3, 0.4) is 0 Å². The predicted molar refractivity (Wildman–Crippen MR) is 93.8 cm³/mol. The average Bonchev–Trinajstić information content (AvgIpc) is 3.11. The maximum absolute atomic E-state index is 12.5. The molecule has 1 aliphatic heterocycles. The van der Waals surface area contributed by atoms with E-state index in [2.05, 4.69) is 10.4 Å². The van der Waals surface area contributed by atoms with Crippen molar-refractivity contribution in [3.8, 4) is 5.69 Å². The van der Waals surface area contributed by atoms with Crippen molar-refractivity contribution in [3.63, 3.8) is 0 Å². The Hall–Kier alpha value is -2.05. The van der Waals surface area contributed by atoms with Crippen LogP contribution < -0.4 is 5.32 Å². The standard InChI is InChI=1S/C17H21ClN4O2/c1-12-9-15(20-22(12)14-6-3-5-13(18)10-14)19-16(24)21-8-4-7-17(21,2)11-23/h3,5-6,9-10,23H,4,7-8,11H2,1-2H3,(H,19,20,24). The van der Waals surface area contributed by atoms with Crippen molar-refractivity contribution in [1.29, 1.82) is 0 Å². The number of likely N-dealkylation sites (tertiary alicyclic amines) is 1. The summed E-state index contributed by atoms with van der Waals surface area (Å²) in [6.07, 6.45) is 1.69. The third kappa shape index (κ3) is 3.12. The van der Waals surface area contributed by atoms with Crippen molar-refractivity contribution in [2.24, 2.45) is 0 Å². The van der Waals surface area contributed by atoms with Crippen LogP contribution in [-0.4, -0.2) is 44.5 Å². The van der Waals surface area contributed by atoms with E-state index >= 15 is 0 Å². The van der Waals surface area contributed by atoms with E-state index in [1.54, 1.807) is 15.6 Å². The van der Waals surface area contributed by atoms with Gasteiger partial charge in [0, 0.05) is 23.3 Å². The molecule has 128 valence electrons. The number of carbonyl (C=O) groups excluding carboxylic acids is 1. The summed E-state index contributed by atoms with van der Waals surface area (Å²) < 4.78 is 1.73. The number of benzene rings is 1. The molecule has 1 aromatic heterocycles. The first kappa shape index (κ1) is 16.8. The zero-order valence-electron chi connectivity index (χ0n) is 13.8. The van der Waals surface area contributed by atoms with E-state index in [0.29, 0.717) is 17.4 Å². The second-order valence-electron chi connectivity index (χ2n) is 6.40. The number of urea groups is 1. The van der Waals surface area contributed by atoms with Crippen LogP contribution in [0.2, 0.25) is 5.02 Å². The van der Waals surface area contributed by atoms with Crippen LogP contribution in [-0.2, 0) is 0 Å². The van der Waals surface area contributed by atoms with Gasteiger partial charge in [0.25, 0.3) is 0 Å². The smallest absolute Gasteiger partial charge is 0.323 e. The Bertz CT molecular complexity index is 761. The SMILES string of the molecule is Cc1cc(NC(=O)N2CCCC2(C)CO)nn1-c1cccc(Cl)c1. The molecule has 7 heteroatoms. The molecule has 24 heavy (non-hydrogen) atoms. The van der Waals surface area contributed by atoms with E-state index in [0.717, 1.165) is 24.2 Å². The van der Waals surface area contributed by atoms with Gasteiger partial charge in [-0.1, -0.05) is 17.7 Å². The molecule has 1 aromatic carbocycles. The number of aromatic nitrogens is 2. The number of halogens is 1. The fourth-order valence-corrected chi connectivity index (χ4v) is 3.30. The fourth-order valence-electron chi connectivity index (χ4n) is 3.12. The molecule has 0 bridgehead atoms. The highest BCUT2D eigenvalue weighted by molar-refractivity contribution is 6.30. The number of nitrogens with zero attached hydrogens (tertiary/aromatic N) is 3. The highest BCUT2D eigenvalue weighted by Crippen LogP contribution is 2.29. The number of amides is 2. The molecule has 2 aromatic rings. The van der Waals surface area contributed by atoms with Gasteiger partial charge in [0.1, 0.15) is 0 Å². The summed E-state index contributed by atoms with van der Waals surface area (Å²) in [4.78, 5) is 14.2. The molecule has 1 unspecified atom stereocenters. The lowest BCUT2D eigenvalue weighted by atomic mass is 10.0. The maximum atomic E-state index is 12.5. The van der Waals surface area contributed by atoms with Crippen molar-refractivity contribution >= 4 is 23.4 Å². The summed E-state index contributed by atoms with van der Waals surface area (Å²) >= 11 is 6.03. The number of nitrogens with one attached hydrogen (secondary N) is 1. The third-order valence-corrected chi connectivity index (χ3v) is 4.74. The Kier molecular flexibility index (Phi) is 4.51. The summed E-state index contributed by atoms with van der Waals surface area (Å²) in [5.41, 5.74) is 1.22. The Balaban J connectivity index is 1.79. The van der Waals surface area contributed by atoms with Gasteiger partial charge in [-0.15, -0.1) is 5.10 Å². The molecule has 2 amide bonds. The Morgan fingerprint density at radius 2 is 2.25 bits per heavy atom. The van der Waals surface area contributed by atoms with Gasteiger partial charge >= 0.3 is 6.03 Å². The van der Waals surface area contributed by atoms with Crippen LogP contribution in [0, 0.1) is 6.92 Å². The summed E-state index contributed by atoms with van der Waals surface area (Å²) in [6.45, 7) is 4.40. The van der Waals surface area contributed by atoms with Gasteiger partial charge in [0.15, 0.2) is 5.82 Å². The minimum absolute atomic E-state index is 0.0452. The summed E-state index contributed by atoms with van der Waals surface area (Å²) in [5, 5.41) is 17.5. The lowest BCUT2D eigenvalue weighted by molar-refractivity contribution is 0.104. The van der Waals surface area contributed by atoms with Crippen molar-refractivity contribution in [3.05, 3.63) is 41.0 Å². The first-order chi connectivity index (χ1) is 11.4. The van der Waals surface area contributed by atoms with E-state index in [9.17, 15) is 9.90 Å². The zero-order chi connectivity index (χ0) is 17.3. The van der Waals surface area contributed by atoms with Crippen LogP contribution >= 0.6 is 11.6 Å². The van der Waals surface area contributed by atoms with Crippen molar-refractivity contribution in [2.45, 2.75) is 32.2 Å². The lowest BCUT2D eigenvalue weighted by Gasteiger charge is -2.33. The summed E-state index contributed by atoms with van der Waals surface area (Å²) in [7, 11) is 0. The van der Waals surface area contributed by atoms with Gasteiger partial charge in [-0.25, -0.2) is 9.48 Å². The van der Waals surface area contributed by atoms with E-state index in [-0.39, 0.29) is 12.6 Å². The van der Waals surface area contributed by atoms with Crippen LogP contribution in [0.1, 0.15) is 25.5 Å². The quantitative estimate of drug-likeness (QED) is 0.894. The second kappa shape index (κ2) is 6.45. The number of aryl methyl sites for hydroxylation is 1. The van der Waals surface area contributed by atoms with Crippen LogP contribution in [0.25, 0.3) is 5.69 Å². The molecule has 0 saturated carbocycles. The highest BCUT2D eigenvalue weighted by atomic mass is 35.5. The number of anilines is 1. The molecule has 0 aliphatic carbocycles. The Morgan fingerprint density at radius 1 is 1.46 bits per heavy atom. The number of carbonyl (C=O) groups is 1. The minimum Gasteiger partial charge on any atom is -0.394 e. The van der Waals surface area contributed by atoms with Gasteiger partial charge in [0.2, 0.25) is 0 Å². The van der Waals surface area contributed by atoms with Crippen LogP contribution in [0.4, 0.5) is 10.6 Å². The average molecular weight is 349 g/mol. The fraction of sp³-hybridized carbons (Fsp3) is 0.412. The topological polar surface area (TPSA) is 70.4 Å². The number of aliphatic hydroxyl groups is 1. The van der Waals surface area contributed by atoms with E-state index < -0.39 is 5.54 Å². The Morgan fingerprint density at radius 3 is 2.96 bits per heavy atom. The van der Waals surface area contributed by atoms with Crippen molar-refractivity contribution < 1.29 is 9.90 Å². The molecule has 1 fully saturated rings. The molecule has 1 atom stereocenters. The normalized spacial score (nSPS) is 20.4. The molecule has 6 nitrogen and oxygen atoms in total. The Labute approximate surface area is 146 Å². The first-order valence-electron chi connectivity index (χ1n) is 7.95. The summed E-state index contributed by atoms with van der Waals surface area (Å²) in [6, 6.07) is 8.95. The molecular formula is C17H21ClN4O2. The van der Waals surface area contributed by atoms with E-state index in [1.807, 2.05) is 38.1 Å². The lowest BCUT2D eigenvalue weighted by Crippen LogP contribution is -2.49. The third-order valence-electron chi connectivity index (χ3n) is 4.51. The number of hydrogen-bond acceptors (Lipinski definition) is 3. The van der Waals surface area contributed by atoms with Gasteiger partial charge in [-0.3, -0.25) is 5.32 Å². The molecule has 1 saturated heterocycles. The second-order valence-corrected chi connectivity index (χ2v) is 6.84. The molecule has 2 heterocycles. The van der Waals surface area contributed by atoms with Gasteiger partial charge < -0.3 is 10.0 Å². The molecule has 1 aliphatic rings. The van der Waals surface area contributed by atoms with Crippen LogP contribution in [0.15, 0.2) is 30.3 Å². The molecule has 2 N–H and O–H groups in total. The van der Waals surface area contributed by atoms with Crippen molar-refractivity contribution in [1.82, 2.24) is 14.7 Å². The molecule has 0 spiro atoms. The minimum atomic E-state index is -0.505. The number of rotatable bonds is 3. The van der Waals surface area contributed by atoms with Crippen molar-refractivity contribution in [2.75, 3.05) is 18.5 Å². The van der Waals surface area contributed by atoms with E-state index in [1.165, 1.54) is 0 Å². The summed E-state index contributed by atoms with van der Waals surface area (Å²) in [5.74, 6) is 0.477. The highest BCUT2D eigenvalue weighted by Gasteiger charge is 2.39. The molecule has 0 radical (unpaired) electrons. The number of aliphatic hydroxyl groups excluding tert-OH is 1. The van der Waals surface area contributed by atoms with Gasteiger partial charge in [-0.2, -0.15) is 0 Å². The maximum Gasteiger partial charge on any atom is 0.323 e. The molecular weight excluding hydrogens is 328 g/mol. The predicted octanol–water partition coefficient (Wildman–Crippen LogP) is 3.21. The van der Waals surface area contributed by atoms with Crippen LogP contribution in [0.5, 0.6) is 0 Å². The number of hydrogen-bond donors (Lipinski definition) is 2. The first-order valence-corrected chi connectivity index (χ1v) is 8.33. The van der Waals surface area contributed by atoms with Gasteiger partial charge in [-0.05, 0) is 44.9 Å².